The van der Waals surface area contributed by atoms with Crippen molar-refractivity contribution in [3.8, 4) is 0 Å². The SMILES string of the molecule is Cc1nn(C)c2c1nc(SCC(=O)O)n2CCC(C)(C)C. The van der Waals surface area contributed by atoms with E-state index >= 15 is 0 Å². The van der Waals surface area contributed by atoms with Crippen LogP contribution in [0.2, 0.25) is 0 Å². The van der Waals surface area contributed by atoms with Crippen molar-refractivity contribution in [3.63, 3.8) is 0 Å². The Labute approximate surface area is 128 Å². The van der Waals surface area contributed by atoms with Crippen LogP contribution < -0.4 is 0 Å². The van der Waals surface area contributed by atoms with Gasteiger partial charge in [-0.15, -0.1) is 0 Å². The van der Waals surface area contributed by atoms with E-state index in [-0.39, 0.29) is 11.2 Å². The van der Waals surface area contributed by atoms with Crippen LogP contribution in [-0.4, -0.2) is 36.2 Å². The number of fused-ring (bicyclic) bond motifs is 1. The maximum atomic E-state index is 10.8. The molecular weight excluding hydrogens is 288 g/mol. The lowest BCUT2D eigenvalue weighted by Gasteiger charge is -2.19. The fraction of sp³-hybridized carbons (Fsp3) is 0.643. The van der Waals surface area contributed by atoms with E-state index in [0.717, 1.165) is 35.0 Å². The fourth-order valence-electron chi connectivity index (χ4n) is 2.20. The molecule has 1 N–H and O–H groups in total. The zero-order valence-electron chi connectivity index (χ0n) is 13.2. The molecule has 0 saturated heterocycles. The molecule has 0 bridgehead atoms. The molecule has 116 valence electrons. The van der Waals surface area contributed by atoms with Crippen molar-refractivity contribution in [2.75, 3.05) is 5.75 Å². The third-order valence-corrected chi connectivity index (χ3v) is 4.23. The van der Waals surface area contributed by atoms with E-state index in [2.05, 4.69) is 35.4 Å². The molecule has 0 atom stereocenters. The average Bonchev–Trinajstić information content (AvgIpc) is 2.83. The first-order valence-electron chi connectivity index (χ1n) is 6.93. The fourth-order valence-corrected chi connectivity index (χ4v) is 2.94. The van der Waals surface area contributed by atoms with Crippen LogP contribution in [0, 0.1) is 12.3 Å². The van der Waals surface area contributed by atoms with E-state index in [1.165, 1.54) is 11.8 Å². The van der Waals surface area contributed by atoms with Crippen LogP contribution in [-0.2, 0) is 18.4 Å². The molecule has 6 nitrogen and oxygen atoms in total. The largest absolute Gasteiger partial charge is 0.481 e. The molecule has 0 spiro atoms. The van der Waals surface area contributed by atoms with Crippen LogP contribution in [0.15, 0.2) is 5.16 Å². The molecule has 2 rings (SSSR count). The number of carboxylic acid groups (broad SMARTS) is 1. The summed E-state index contributed by atoms with van der Waals surface area (Å²) in [5, 5.41) is 14.0. The summed E-state index contributed by atoms with van der Waals surface area (Å²) in [6.45, 7) is 9.31. The van der Waals surface area contributed by atoms with Gasteiger partial charge in [-0.25, -0.2) is 4.98 Å². The zero-order chi connectivity index (χ0) is 15.8. The Morgan fingerprint density at radius 2 is 2.05 bits per heavy atom. The number of carboxylic acids is 1. The lowest BCUT2D eigenvalue weighted by Crippen LogP contribution is -2.13. The molecule has 2 aromatic heterocycles. The van der Waals surface area contributed by atoms with Crippen molar-refractivity contribution >= 4 is 28.9 Å². The average molecular weight is 310 g/mol. The van der Waals surface area contributed by atoms with Crippen molar-refractivity contribution in [1.82, 2.24) is 19.3 Å². The molecule has 0 aliphatic rings. The van der Waals surface area contributed by atoms with E-state index in [0.29, 0.717) is 0 Å². The van der Waals surface area contributed by atoms with Gasteiger partial charge >= 0.3 is 5.97 Å². The molecular formula is C14H22N4O2S. The molecule has 0 fully saturated rings. The van der Waals surface area contributed by atoms with Crippen LogP contribution >= 0.6 is 11.8 Å². The molecule has 0 saturated carbocycles. The predicted molar refractivity (Wildman–Crippen MR) is 83.7 cm³/mol. The number of imidazole rings is 1. The molecule has 2 heterocycles. The molecule has 0 unspecified atom stereocenters. The van der Waals surface area contributed by atoms with Gasteiger partial charge in [0.25, 0.3) is 0 Å². The molecule has 0 aliphatic heterocycles. The van der Waals surface area contributed by atoms with Crippen molar-refractivity contribution in [1.29, 1.82) is 0 Å². The highest BCUT2D eigenvalue weighted by Gasteiger charge is 2.20. The number of aryl methyl sites for hydroxylation is 3. The zero-order valence-corrected chi connectivity index (χ0v) is 14.0. The topological polar surface area (TPSA) is 72.9 Å². The van der Waals surface area contributed by atoms with Crippen LogP contribution in [0.25, 0.3) is 11.2 Å². The van der Waals surface area contributed by atoms with Gasteiger partial charge in [-0.05, 0) is 18.8 Å². The standard InChI is InChI=1S/C14H22N4O2S/c1-9-11-12(17(5)16-9)18(7-6-14(2,3)4)13(15-11)21-8-10(19)20/h6-8H2,1-5H3,(H,19,20). The normalized spacial score (nSPS) is 12.2. The molecule has 21 heavy (non-hydrogen) atoms. The number of carbonyl (C=O) groups is 1. The third-order valence-electron chi connectivity index (χ3n) is 3.27. The molecule has 2 aromatic rings. The highest BCUT2D eigenvalue weighted by atomic mass is 32.2. The van der Waals surface area contributed by atoms with Gasteiger partial charge < -0.3 is 9.67 Å². The van der Waals surface area contributed by atoms with Crippen molar-refractivity contribution in [3.05, 3.63) is 5.69 Å². The van der Waals surface area contributed by atoms with Gasteiger partial charge in [0.05, 0.1) is 11.4 Å². The van der Waals surface area contributed by atoms with E-state index in [4.69, 9.17) is 5.11 Å². The first-order chi connectivity index (χ1) is 9.69. The number of aliphatic carboxylic acids is 1. The molecule has 7 heteroatoms. The highest BCUT2D eigenvalue weighted by Crippen LogP contribution is 2.28. The van der Waals surface area contributed by atoms with E-state index in [1.54, 1.807) is 0 Å². The van der Waals surface area contributed by atoms with Crippen LogP contribution in [0.3, 0.4) is 0 Å². The maximum Gasteiger partial charge on any atom is 0.313 e. The van der Waals surface area contributed by atoms with Crippen LogP contribution in [0.5, 0.6) is 0 Å². The third kappa shape index (κ3) is 3.58. The highest BCUT2D eigenvalue weighted by molar-refractivity contribution is 7.99. The summed E-state index contributed by atoms with van der Waals surface area (Å²) in [6, 6.07) is 0. The number of hydrogen-bond donors (Lipinski definition) is 1. The lowest BCUT2D eigenvalue weighted by molar-refractivity contribution is -0.133. The molecule has 0 aromatic carbocycles. The minimum absolute atomic E-state index is 0.0192. The summed E-state index contributed by atoms with van der Waals surface area (Å²) in [6.07, 6.45) is 0.989. The predicted octanol–water partition coefficient (Wildman–Crippen LogP) is 2.69. The Bertz CT molecular complexity index is 667. The van der Waals surface area contributed by atoms with Gasteiger partial charge in [-0.1, -0.05) is 32.5 Å². The number of nitrogens with zero attached hydrogens (tertiary/aromatic N) is 4. The second-order valence-electron chi connectivity index (χ2n) is 6.42. The van der Waals surface area contributed by atoms with Gasteiger partial charge in [0.15, 0.2) is 10.8 Å². The van der Waals surface area contributed by atoms with Crippen LogP contribution in [0.4, 0.5) is 0 Å². The summed E-state index contributed by atoms with van der Waals surface area (Å²) in [5.74, 6) is -0.810. The summed E-state index contributed by atoms with van der Waals surface area (Å²) in [7, 11) is 1.90. The molecule has 0 aliphatic carbocycles. The Balaban J connectivity index is 2.40. The Morgan fingerprint density at radius 3 is 2.62 bits per heavy atom. The van der Waals surface area contributed by atoms with Gasteiger partial charge in [-0.3, -0.25) is 9.48 Å². The quantitative estimate of drug-likeness (QED) is 0.860. The number of rotatable bonds is 5. The Morgan fingerprint density at radius 1 is 1.38 bits per heavy atom. The summed E-state index contributed by atoms with van der Waals surface area (Å²) in [4.78, 5) is 15.4. The summed E-state index contributed by atoms with van der Waals surface area (Å²) >= 11 is 1.26. The van der Waals surface area contributed by atoms with Crippen molar-refractivity contribution in [2.24, 2.45) is 12.5 Å². The van der Waals surface area contributed by atoms with Crippen LogP contribution in [0.1, 0.15) is 32.9 Å². The van der Waals surface area contributed by atoms with E-state index < -0.39 is 5.97 Å². The second-order valence-corrected chi connectivity index (χ2v) is 7.36. The first kappa shape index (κ1) is 15.9. The summed E-state index contributed by atoms with van der Waals surface area (Å²) in [5.41, 5.74) is 2.90. The number of aromatic nitrogens is 4. The Hall–Kier alpha value is -1.50. The van der Waals surface area contributed by atoms with Gasteiger partial charge in [0, 0.05) is 13.6 Å². The monoisotopic (exact) mass is 310 g/mol. The maximum absolute atomic E-state index is 10.8. The van der Waals surface area contributed by atoms with E-state index in [1.807, 2.05) is 18.7 Å². The van der Waals surface area contributed by atoms with Gasteiger partial charge in [0.2, 0.25) is 0 Å². The van der Waals surface area contributed by atoms with Gasteiger partial charge in [-0.2, -0.15) is 5.10 Å². The van der Waals surface area contributed by atoms with E-state index in [9.17, 15) is 4.79 Å². The number of hydrogen-bond acceptors (Lipinski definition) is 4. The van der Waals surface area contributed by atoms with Crippen molar-refractivity contribution < 1.29 is 9.90 Å². The minimum Gasteiger partial charge on any atom is -0.481 e. The number of thioether (sulfide) groups is 1. The summed E-state index contributed by atoms with van der Waals surface area (Å²) < 4.78 is 3.92. The minimum atomic E-state index is -0.829. The van der Waals surface area contributed by atoms with Gasteiger partial charge in [0.1, 0.15) is 5.52 Å². The lowest BCUT2D eigenvalue weighted by atomic mass is 9.92. The smallest absolute Gasteiger partial charge is 0.313 e. The first-order valence-corrected chi connectivity index (χ1v) is 7.92. The van der Waals surface area contributed by atoms with Crippen molar-refractivity contribution in [2.45, 2.75) is 45.8 Å². The second kappa shape index (κ2) is 5.71. The molecule has 0 radical (unpaired) electrons. The molecule has 0 amide bonds. The Kier molecular flexibility index (Phi) is 4.32.